The molecule has 0 aromatic heterocycles. The molecule has 0 saturated carbocycles. The minimum atomic E-state index is -4.29. The summed E-state index contributed by atoms with van der Waals surface area (Å²) in [5.74, 6) is -0.930. The van der Waals surface area contributed by atoms with Gasteiger partial charge in [0.25, 0.3) is 10.0 Å². The highest BCUT2D eigenvalue weighted by atomic mass is 79.9. The number of benzene rings is 4. The van der Waals surface area contributed by atoms with Crippen LogP contribution in [-0.2, 0) is 32.6 Å². The van der Waals surface area contributed by atoms with Gasteiger partial charge in [-0.15, -0.1) is 0 Å². The summed E-state index contributed by atoms with van der Waals surface area (Å²) in [6, 6.07) is 28.1. The lowest BCUT2D eigenvalue weighted by molar-refractivity contribution is -0.140. The highest BCUT2D eigenvalue weighted by Crippen LogP contribution is 2.35. The van der Waals surface area contributed by atoms with Crippen LogP contribution in [0.15, 0.2) is 112 Å². The van der Waals surface area contributed by atoms with Crippen molar-refractivity contribution < 1.29 is 18.0 Å². The number of halogens is 3. The van der Waals surface area contributed by atoms with E-state index in [4.69, 9.17) is 23.2 Å². The molecule has 0 bridgehead atoms. The van der Waals surface area contributed by atoms with Gasteiger partial charge in [0.15, 0.2) is 0 Å². The number of hydrogen-bond donors (Lipinski definition) is 1. The second-order valence-electron chi connectivity index (χ2n) is 10.6. The topological polar surface area (TPSA) is 86.8 Å². The number of nitrogens with zero attached hydrogens (tertiary/aromatic N) is 2. The van der Waals surface area contributed by atoms with E-state index in [0.717, 1.165) is 19.9 Å². The third-order valence-electron chi connectivity index (χ3n) is 7.32. The first-order valence-corrected chi connectivity index (χ1v) is 17.4. The highest BCUT2D eigenvalue weighted by molar-refractivity contribution is 9.10. The van der Waals surface area contributed by atoms with Gasteiger partial charge in [0.1, 0.15) is 12.6 Å². The zero-order valence-corrected chi connectivity index (χ0v) is 28.8. The molecule has 0 aliphatic carbocycles. The normalized spacial score (nSPS) is 12.6. The number of nitrogens with one attached hydrogen (secondary N) is 1. The van der Waals surface area contributed by atoms with Crippen LogP contribution in [0, 0.1) is 0 Å². The average Bonchev–Trinajstić information content (AvgIpc) is 3.03. The number of amides is 2. The molecule has 0 fully saturated rings. The maximum atomic E-state index is 14.5. The molecule has 1 N–H and O–H groups in total. The van der Waals surface area contributed by atoms with Crippen molar-refractivity contribution >= 4 is 66.7 Å². The zero-order chi connectivity index (χ0) is 32.6. The summed E-state index contributed by atoms with van der Waals surface area (Å²) in [6.45, 7) is 3.27. The first-order valence-electron chi connectivity index (χ1n) is 14.4. The van der Waals surface area contributed by atoms with E-state index in [-0.39, 0.29) is 45.5 Å². The summed E-state index contributed by atoms with van der Waals surface area (Å²) in [5.41, 5.74) is 1.65. The summed E-state index contributed by atoms with van der Waals surface area (Å²) in [7, 11) is -4.29. The van der Waals surface area contributed by atoms with Gasteiger partial charge in [-0.2, -0.15) is 0 Å². The van der Waals surface area contributed by atoms with Crippen molar-refractivity contribution in [1.82, 2.24) is 10.2 Å². The van der Waals surface area contributed by atoms with Crippen LogP contribution in [0.4, 0.5) is 5.69 Å². The summed E-state index contributed by atoms with van der Waals surface area (Å²) in [6.07, 6.45) is 0.909. The van der Waals surface area contributed by atoms with E-state index in [9.17, 15) is 18.0 Å². The van der Waals surface area contributed by atoms with Gasteiger partial charge in [-0.1, -0.05) is 113 Å². The first kappa shape index (κ1) is 34.5. The van der Waals surface area contributed by atoms with Gasteiger partial charge < -0.3 is 10.2 Å². The van der Waals surface area contributed by atoms with Gasteiger partial charge in [0.05, 0.1) is 20.6 Å². The minimum absolute atomic E-state index is 0.0136. The third kappa shape index (κ3) is 8.88. The molecule has 2 atom stereocenters. The van der Waals surface area contributed by atoms with Crippen LogP contribution >= 0.6 is 39.1 Å². The number of carbonyl (C=O) groups is 2. The lowest BCUT2D eigenvalue weighted by Crippen LogP contribution is -2.54. The van der Waals surface area contributed by atoms with E-state index in [2.05, 4.69) is 21.2 Å². The minimum Gasteiger partial charge on any atom is -0.352 e. The van der Waals surface area contributed by atoms with Crippen LogP contribution in [0.5, 0.6) is 0 Å². The van der Waals surface area contributed by atoms with Crippen LogP contribution < -0.4 is 9.62 Å². The standard InChI is InChI=1S/C34H34BrCl2N3O4S/c1-3-24(2)38-34(42)31(21-25-12-6-4-7-13-25)39(22-26-14-10-15-27(35)20-26)32(41)23-40(30-19-11-18-29(36)33(30)37)45(43,44)28-16-8-5-9-17-28/h4-20,24,31H,3,21-23H2,1-2H3,(H,38,42)/t24-,31+/m1/s1. The quantitative estimate of drug-likeness (QED) is 0.154. The van der Waals surface area contributed by atoms with Crippen molar-refractivity contribution in [2.24, 2.45) is 0 Å². The fourth-order valence-corrected chi connectivity index (χ4v) is 7.09. The SMILES string of the molecule is CC[C@@H](C)NC(=O)[C@H](Cc1ccccc1)N(Cc1cccc(Br)c1)C(=O)CN(c1cccc(Cl)c1Cl)S(=O)(=O)c1ccccc1. The van der Waals surface area contributed by atoms with Crippen LogP contribution in [0.1, 0.15) is 31.4 Å². The van der Waals surface area contributed by atoms with Gasteiger partial charge in [-0.05, 0) is 60.9 Å². The molecule has 4 aromatic carbocycles. The van der Waals surface area contributed by atoms with Gasteiger partial charge in [0, 0.05) is 23.5 Å². The summed E-state index contributed by atoms with van der Waals surface area (Å²) < 4.78 is 30.0. The Morgan fingerprint density at radius 2 is 1.49 bits per heavy atom. The van der Waals surface area contributed by atoms with Crippen molar-refractivity contribution in [3.05, 3.63) is 129 Å². The van der Waals surface area contributed by atoms with E-state index < -0.39 is 28.5 Å². The summed E-state index contributed by atoms with van der Waals surface area (Å²) in [4.78, 5) is 29.9. The summed E-state index contributed by atoms with van der Waals surface area (Å²) >= 11 is 16.4. The van der Waals surface area contributed by atoms with Crippen molar-refractivity contribution in [2.75, 3.05) is 10.8 Å². The molecule has 4 aromatic rings. The average molecular weight is 732 g/mol. The molecule has 2 amide bonds. The molecule has 0 aliphatic rings. The Kier molecular flexibility index (Phi) is 12.1. The number of hydrogen-bond acceptors (Lipinski definition) is 4. The first-order chi connectivity index (χ1) is 21.5. The van der Waals surface area contributed by atoms with Gasteiger partial charge >= 0.3 is 0 Å². The van der Waals surface area contributed by atoms with Crippen LogP contribution in [0.2, 0.25) is 10.0 Å². The van der Waals surface area contributed by atoms with Gasteiger partial charge in [0.2, 0.25) is 11.8 Å². The van der Waals surface area contributed by atoms with E-state index in [0.29, 0.717) is 6.42 Å². The lowest BCUT2D eigenvalue weighted by atomic mass is 10.0. The monoisotopic (exact) mass is 729 g/mol. The molecule has 0 saturated heterocycles. The molecule has 0 spiro atoms. The van der Waals surface area contributed by atoms with Gasteiger partial charge in [-0.3, -0.25) is 13.9 Å². The van der Waals surface area contributed by atoms with E-state index in [1.807, 2.05) is 68.4 Å². The number of anilines is 1. The van der Waals surface area contributed by atoms with Crippen molar-refractivity contribution in [2.45, 2.75) is 50.2 Å². The van der Waals surface area contributed by atoms with Crippen LogP contribution in [0.3, 0.4) is 0 Å². The molecular formula is C34H34BrCl2N3O4S. The molecule has 7 nitrogen and oxygen atoms in total. The largest absolute Gasteiger partial charge is 0.352 e. The molecule has 11 heteroatoms. The number of carbonyl (C=O) groups excluding carboxylic acids is 2. The van der Waals surface area contributed by atoms with Crippen molar-refractivity contribution in [3.63, 3.8) is 0 Å². The highest BCUT2D eigenvalue weighted by Gasteiger charge is 2.35. The maximum Gasteiger partial charge on any atom is 0.264 e. The van der Waals surface area contributed by atoms with Crippen molar-refractivity contribution in [3.8, 4) is 0 Å². The molecule has 236 valence electrons. The van der Waals surface area contributed by atoms with Gasteiger partial charge in [-0.25, -0.2) is 8.42 Å². The number of sulfonamides is 1. The molecule has 0 unspecified atom stereocenters. The Morgan fingerprint density at radius 1 is 0.867 bits per heavy atom. The van der Waals surface area contributed by atoms with Crippen LogP contribution in [-0.4, -0.2) is 43.8 Å². The van der Waals surface area contributed by atoms with Crippen molar-refractivity contribution in [1.29, 1.82) is 0 Å². The summed E-state index contributed by atoms with van der Waals surface area (Å²) in [5, 5.41) is 3.15. The predicted octanol–water partition coefficient (Wildman–Crippen LogP) is 7.51. The smallest absolute Gasteiger partial charge is 0.264 e. The fraction of sp³-hybridized carbons (Fsp3) is 0.235. The van der Waals surface area contributed by atoms with E-state index >= 15 is 0 Å². The molecule has 4 rings (SSSR count). The Labute approximate surface area is 283 Å². The van der Waals surface area contributed by atoms with E-state index in [1.54, 1.807) is 24.3 Å². The Morgan fingerprint density at radius 3 is 2.13 bits per heavy atom. The molecule has 0 aliphatic heterocycles. The number of rotatable bonds is 13. The molecular weight excluding hydrogens is 697 g/mol. The van der Waals surface area contributed by atoms with Crippen LogP contribution in [0.25, 0.3) is 0 Å². The zero-order valence-electron chi connectivity index (χ0n) is 24.9. The molecule has 45 heavy (non-hydrogen) atoms. The maximum absolute atomic E-state index is 14.5. The third-order valence-corrected chi connectivity index (χ3v) is 10.4. The Hall–Kier alpha value is -3.37. The second kappa shape index (κ2) is 15.8. The Balaban J connectivity index is 1.83. The molecule has 0 radical (unpaired) electrons. The predicted molar refractivity (Wildman–Crippen MR) is 184 cm³/mol. The Bertz CT molecular complexity index is 1730. The fourth-order valence-electron chi connectivity index (χ4n) is 4.75. The second-order valence-corrected chi connectivity index (χ2v) is 14.1. The lowest BCUT2D eigenvalue weighted by Gasteiger charge is -2.34. The molecule has 0 heterocycles. The van der Waals surface area contributed by atoms with E-state index in [1.165, 1.54) is 29.2 Å².